The van der Waals surface area contributed by atoms with Crippen LogP contribution >= 0.6 is 0 Å². The topological polar surface area (TPSA) is 47.6 Å². The largest absolute Gasteiger partial charge is 0.491 e. The zero-order chi connectivity index (χ0) is 16.7. The molecule has 0 aromatic heterocycles. The average Bonchev–Trinajstić information content (AvgIpc) is 2.54. The zero-order valence-electron chi connectivity index (χ0n) is 13.4. The number of amides is 1. The summed E-state index contributed by atoms with van der Waals surface area (Å²) in [4.78, 5) is 12.3. The molecule has 2 aromatic rings. The normalized spacial score (nSPS) is 10.2. The van der Waals surface area contributed by atoms with E-state index in [4.69, 9.17) is 9.47 Å². The van der Waals surface area contributed by atoms with Gasteiger partial charge in [0.15, 0.2) is 0 Å². The van der Waals surface area contributed by atoms with E-state index in [2.05, 4.69) is 11.9 Å². The molecular formula is C19H21NO3. The summed E-state index contributed by atoms with van der Waals surface area (Å²) >= 11 is 0. The lowest BCUT2D eigenvalue weighted by Gasteiger charge is -2.12. The van der Waals surface area contributed by atoms with E-state index < -0.39 is 0 Å². The van der Waals surface area contributed by atoms with E-state index in [0.29, 0.717) is 23.6 Å². The summed E-state index contributed by atoms with van der Waals surface area (Å²) in [6.45, 7) is 7.92. The minimum absolute atomic E-state index is 0.101. The van der Waals surface area contributed by atoms with Gasteiger partial charge in [-0.3, -0.25) is 4.79 Å². The average molecular weight is 311 g/mol. The van der Waals surface area contributed by atoms with Gasteiger partial charge < -0.3 is 14.8 Å². The molecule has 120 valence electrons. The third-order valence-electron chi connectivity index (χ3n) is 2.98. The minimum Gasteiger partial charge on any atom is -0.491 e. The van der Waals surface area contributed by atoms with Gasteiger partial charge in [0.05, 0.1) is 11.8 Å². The number of hydrogen-bond donors (Lipinski definition) is 1. The fourth-order valence-corrected chi connectivity index (χ4v) is 2.00. The molecular weight excluding hydrogens is 290 g/mol. The molecule has 0 aliphatic carbocycles. The van der Waals surface area contributed by atoms with Crippen molar-refractivity contribution in [1.82, 2.24) is 0 Å². The quantitative estimate of drug-likeness (QED) is 0.776. The summed E-state index contributed by atoms with van der Waals surface area (Å²) in [5.41, 5.74) is 1.18. The molecule has 2 aromatic carbocycles. The first-order chi connectivity index (χ1) is 11.1. The molecule has 4 nitrogen and oxygen atoms in total. The molecule has 0 heterocycles. The molecule has 0 aliphatic heterocycles. The number of carbonyl (C=O) groups excluding carboxylic acids is 1. The van der Waals surface area contributed by atoms with Gasteiger partial charge in [0, 0.05) is 5.56 Å². The summed E-state index contributed by atoms with van der Waals surface area (Å²) in [5, 5.41) is 2.86. The number of rotatable bonds is 7. The zero-order valence-corrected chi connectivity index (χ0v) is 13.4. The van der Waals surface area contributed by atoms with E-state index in [-0.39, 0.29) is 12.0 Å². The Morgan fingerprint density at radius 1 is 1.17 bits per heavy atom. The maximum atomic E-state index is 12.3. The second-order valence-corrected chi connectivity index (χ2v) is 5.24. The third kappa shape index (κ3) is 4.88. The van der Waals surface area contributed by atoms with Crippen molar-refractivity contribution < 1.29 is 14.3 Å². The lowest BCUT2D eigenvalue weighted by atomic mass is 10.2. The maximum absolute atomic E-state index is 12.3. The third-order valence-corrected chi connectivity index (χ3v) is 2.98. The highest BCUT2D eigenvalue weighted by molar-refractivity contribution is 6.05. The molecule has 4 heteroatoms. The molecule has 23 heavy (non-hydrogen) atoms. The van der Waals surface area contributed by atoms with Gasteiger partial charge in [0.25, 0.3) is 5.91 Å². The molecule has 0 spiro atoms. The number of benzene rings is 2. The van der Waals surface area contributed by atoms with E-state index in [1.807, 2.05) is 26.0 Å². The molecule has 1 N–H and O–H groups in total. The fraction of sp³-hybridized carbons (Fsp3) is 0.211. The van der Waals surface area contributed by atoms with Crippen LogP contribution in [-0.2, 0) is 0 Å². The Balaban J connectivity index is 2.08. The predicted molar refractivity (Wildman–Crippen MR) is 92.3 cm³/mol. The van der Waals surface area contributed by atoms with Crippen molar-refractivity contribution in [2.45, 2.75) is 20.0 Å². The Morgan fingerprint density at radius 3 is 2.52 bits per heavy atom. The van der Waals surface area contributed by atoms with Crippen LogP contribution in [0.15, 0.2) is 61.2 Å². The lowest BCUT2D eigenvalue weighted by Crippen LogP contribution is -2.13. The number of para-hydroxylation sites is 2. The highest BCUT2D eigenvalue weighted by atomic mass is 16.5. The molecule has 0 bridgehead atoms. The Kier molecular flexibility index (Phi) is 5.80. The van der Waals surface area contributed by atoms with E-state index in [9.17, 15) is 4.79 Å². The predicted octanol–water partition coefficient (Wildman–Crippen LogP) is 4.29. The molecule has 0 unspecified atom stereocenters. The Hall–Kier alpha value is -2.75. The molecule has 0 atom stereocenters. The fourth-order valence-electron chi connectivity index (χ4n) is 2.00. The summed E-state index contributed by atoms with van der Waals surface area (Å²) in [7, 11) is 0. The minimum atomic E-state index is -0.198. The van der Waals surface area contributed by atoms with Gasteiger partial charge in [-0.2, -0.15) is 0 Å². The van der Waals surface area contributed by atoms with Gasteiger partial charge in [0.1, 0.15) is 18.1 Å². The van der Waals surface area contributed by atoms with Gasteiger partial charge in [-0.05, 0) is 50.2 Å². The Morgan fingerprint density at radius 2 is 1.87 bits per heavy atom. The smallest absolute Gasteiger partial charge is 0.255 e. The van der Waals surface area contributed by atoms with Crippen LogP contribution in [0.4, 0.5) is 5.69 Å². The first-order valence-corrected chi connectivity index (χ1v) is 7.51. The summed E-state index contributed by atoms with van der Waals surface area (Å²) in [6, 6.07) is 14.3. The number of anilines is 1. The van der Waals surface area contributed by atoms with Crippen LogP contribution in [0, 0.1) is 0 Å². The van der Waals surface area contributed by atoms with Crippen molar-refractivity contribution >= 4 is 11.6 Å². The number of hydrogen-bond acceptors (Lipinski definition) is 3. The van der Waals surface area contributed by atoms with Gasteiger partial charge >= 0.3 is 0 Å². The van der Waals surface area contributed by atoms with Crippen LogP contribution in [0.2, 0.25) is 0 Å². The van der Waals surface area contributed by atoms with Gasteiger partial charge in [-0.1, -0.05) is 24.8 Å². The molecule has 0 aliphatic rings. The highest BCUT2D eigenvalue weighted by Crippen LogP contribution is 2.24. The van der Waals surface area contributed by atoms with E-state index in [0.717, 1.165) is 5.75 Å². The van der Waals surface area contributed by atoms with Crippen LogP contribution in [0.1, 0.15) is 24.2 Å². The van der Waals surface area contributed by atoms with Crippen molar-refractivity contribution in [3.05, 3.63) is 66.7 Å². The molecule has 2 rings (SSSR count). The molecule has 0 radical (unpaired) electrons. The van der Waals surface area contributed by atoms with Gasteiger partial charge in [-0.25, -0.2) is 0 Å². The van der Waals surface area contributed by atoms with Crippen LogP contribution in [0.25, 0.3) is 0 Å². The van der Waals surface area contributed by atoms with Crippen molar-refractivity contribution in [3.8, 4) is 11.5 Å². The van der Waals surface area contributed by atoms with Gasteiger partial charge in [-0.15, -0.1) is 0 Å². The first kappa shape index (κ1) is 16.6. The second kappa shape index (κ2) is 8.03. The van der Waals surface area contributed by atoms with E-state index in [1.165, 1.54) is 0 Å². The summed E-state index contributed by atoms with van der Waals surface area (Å²) < 4.78 is 11.1. The molecule has 1 amide bonds. The molecule has 0 saturated carbocycles. The summed E-state index contributed by atoms with van der Waals surface area (Å²) in [5.74, 6) is 1.16. The summed E-state index contributed by atoms with van der Waals surface area (Å²) in [6.07, 6.45) is 1.76. The van der Waals surface area contributed by atoms with Crippen LogP contribution in [0.5, 0.6) is 11.5 Å². The van der Waals surface area contributed by atoms with Gasteiger partial charge in [0.2, 0.25) is 0 Å². The monoisotopic (exact) mass is 311 g/mol. The SMILES string of the molecule is C=CCOc1ccccc1NC(=O)c1ccc(OC(C)C)cc1. The Bertz CT molecular complexity index is 663. The van der Waals surface area contributed by atoms with E-state index in [1.54, 1.807) is 42.5 Å². The van der Waals surface area contributed by atoms with Crippen molar-refractivity contribution in [2.75, 3.05) is 11.9 Å². The standard InChI is InChI=1S/C19H21NO3/c1-4-13-22-18-8-6-5-7-17(18)20-19(21)15-9-11-16(12-10-15)23-14(2)3/h4-12,14H,1,13H2,2-3H3,(H,20,21). The first-order valence-electron chi connectivity index (χ1n) is 7.51. The molecule has 0 saturated heterocycles. The van der Waals surface area contributed by atoms with Crippen LogP contribution < -0.4 is 14.8 Å². The number of ether oxygens (including phenoxy) is 2. The Labute approximate surface area is 136 Å². The number of nitrogens with one attached hydrogen (secondary N) is 1. The maximum Gasteiger partial charge on any atom is 0.255 e. The number of carbonyl (C=O) groups is 1. The second-order valence-electron chi connectivity index (χ2n) is 5.24. The van der Waals surface area contributed by atoms with E-state index >= 15 is 0 Å². The lowest BCUT2D eigenvalue weighted by molar-refractivity contribution is 0.102. The van der Waals surface area contributed by atoms with Crippen molar-refractivity contribution in [2.24, 2.45) is 0 Å². The molecule has 0 fully saturated rings. The van der Waals surface area contributed by atoms with Crippen molar-refractivity contribution in [1.29, 1.82) is 0 Å². The van der Waals surface area contributed by atoms with Crippen LogP contribution in [-0.4, -0.2) is 18.6 Å². The van der Waals surface area contributed by atoms with Crippen molar-refractivity contribution in [3.63, 3.8) is 0 Å². The van der Waals surface area contributed by atoms with Crippen LogP contribution in [0.3, 0.4) is 0 Å². The highest BCUT2D eigenvalue weighted by Gasteiger charge is 2.10.